The molecular formula is C46H34N8+2. The summed E-state index contributed by atoms with van der Waals surface area (Å²) >= 11 is 0. The summed E-state index contributed by atoms with van der Waals surface area (Å²) in [6.07, 6.45) is 0. The standard InChI is InChI=1S/2C23H17N4/c2*1-3-11-19(12-4-1)23-24-26(20-14-5-2-6-15-20)27(25-23)22-17-9-13-18-10-7-8-16-21(18)22/h2*1-17H/q2*+1. The first kappa shape index (κ1) is 32.3. The summed E-state index contributed by atoms with van der Waals surface area (Å²) in [7, 11) is 0. The van der Waals surface area contributed by atoms with Crippen LogP contribution in [-0.4, -0.2) is 30.0 Å². The Morgan fingerprint density at radius 2 is 0.648 bits per heavy atom. The molecule has 0 spiro atoms. The second-order valence-corrected chi connectivity index (χ2v) is 12.6. The Kier molecular flexibility index (Phi) is 8.73. The number of benzene rings is 8. The third-order valence-electron chi connectivity index (χ3n) is 9.12. The summed E-state index contributed by atoms with van der Waals surface area (Å²) in [5, 5.41) is 23.9. The maximum Gasteiger partial charge on any atom is 0.340 e. The maximum atomic E-state index is 4.85. The van der Waals surface area contributed by atoms with Crippen LogP contribution in [0.25, 0.3) is 67.1 Å². The molecule has 0 bridgehead atoms. The average molecular weight is 699 g/mol. The molecule has 2 aromatic heterocycles. The lowest BCUT2D eigenvalue weighted by Gasteiger charge is -2.03. The van der Waals surface area contributed by atoms with Gasteiger partial charge in [-0.25, -0.2) is 0 Å². The molecular weight excluding hydrogens is 665 g/mol. The van der Waals surface area contributed by atoms with Crippen molar-refractivity contribution in [3.63, 3.8) is 0 Å². The molecule has 8 nitrogen and oxygen atoms in total. The average Bonchev–Trinajstić information content (AvgIpc) is 3.91. The van der Waals surface area contributed by atoms with Gasteiger partial charge in [-0.1, -0.05) is 133 Å². The minimum atomic E-state index is 0.687. The van der Waals surface area contributed by atoms with E-state index in [2.05, 4.69) is 60.7 Å². The molecule has 0 fully saturated rings. The number of aromatic nitrogens is 8. The fourth-order valence-electron chi connectivity index (χ4n) is 6.51. The molecule has 0 saturated carbocycles. The summed E-state index contributed by atoms with van der Waals surface area (Å²) in [5.41, 5.74) is 5.88. The molecule has 0 amide bonds. The van der Waals surface area contributed by atoms with Crippen LogP contribution < -0.4 is 9.59 Å². The Balaban J connectivity index is 0.000000142. The van der Waals surface area contributed by atoms with Crippen LogP contribution in [0, 0.1) is 0 Å². The van der Waals surface area contributed by atoms with E-state index in [1.54, 1.807) is 0 Å². The fraction of sp³-hybridized carbons (Fsp3) is 0. The molecule has 0 N–H and O–H groups in total. The Morgan fingerprint density at radius 1 is 0.315 bits per heavy atom. The van der Waals surface area contributed by atoms with Crippen molar-refractivity contribution in [1.82, 2.24) is 30.0 Å². The first-order valence-electron chi connectivity index (χ1n) is 17.8. The van der Waals surface area contributed by atoms with E-state index in [1.165, 1.54) is 10.8 Å². The van der Waals surface area contributed by atoms with Gasteiger partial charge in [0.2, 0.25) is 0 Å². The Bertz CT molecular complexity index is 2610. The molecule has 54 heavy (non-hydrogen) atoms. The van der Waals surface area contributed by atoms with Crippen LogP contribution in [0.3, 0.4) is 0 Å². The molecule has 8 aromatic carbocycles. The molecule has 256 valence electrons. The molecule has 0 radical (unpaired) electrons. The van der Waals surface area contributed by atoms with E-state index in [0.29, 0.717) is 11.6 Å². The van der Waals surface area contributed by atoms with Gasteiger partial charge in [-0.15, -0.1) is 0 Å². The van der Waals surface area contributed by atoms with Crippen molar-refractivity contribution in [3.8, 4) is 45.5 Å². The number of hydrogen-bond donors (Lipinski definition) is 0. The van der Waals surface area contributed by atoms with E-state index in [0.717, 1.165) is 44.6 Å². The zero-order valence-corrected chi connectivity index (χ0v) is 29.2. The summed E-state index contributed by atoms with van der Waals surface area (Å²) in [5.74, 6) is 1.37. The van der Waals surface area contributed by atoms with Crippen LogP contribution in [0.5, 0.6) is 0 Å². The van der Waals surface area contributed by atoms with Gasteiger partial charge < -0.3 is 0 Å². The SMILES string of the molecule is c1ccc(-c2nn(-c3ccccc3)[n+](-c3cccc4ccccc34)n2)cc1.c1ccc(-c2nn(-c3ccccc3)[n+](-c3cccc4ccccc34)n2)cc1. The predicted octanol–water partition coefficient (Wildman–Crippen LogP) is 8.73. The molecule has 0 aliphatic rings. The smallest absolute Gasteiger partial charge is 0.0622 e. The van der Waals surface area contributed by atoms with E-state index in [4.69, 9.17) is 20.4 Å². The highest BCUT2D eigenvalue weighted by Crippen LogP contribution is 2.22. The van der Waals surface area contributed by atoms with Crippen LogP contribution in [0.4, 0.5) is 0 Å². The summed E-state index contributed by atoms with van der Waals surface area (Å²) in [6, 6.07) is 69.4. The molecule has 8 heteroatoms. The first-order valence-corrected chi connectivity index (χ1v) is 17.8. The van der Waals surface area contributed by atoms with Crippen LogP contribution >= 0.6 is 0 Å². The Hall–Kier alpha value is -7.58. The van der Waals surface area contributed by atoms with Crippen molar-refractivity contribution < 1.29 is 9.59 Å². The van der Waals surface area contributed by atoms with Crippen LogP contribution in [-0.2, 0) is 0 Å². The number of tetrazole rings is 2. The quantitative estimate of drug-likeness (QED) is 0.163. The minimum absolute atomic E-state index is 0.687. The molecule has 0 aliphatic carbocycles. The molecule has 0 unspecified atom stereocenters. The lowest BCUT2D eigenvalue weighted by atomic mass is 10.1. The van der Waals surface area contributed by atoms with Crippen molar-refractivity contribution in [2.24, 2.45) is 0 Å². The summed E-state index contributed by atoms with van der Waals surface area (Å²) in [4.78, 5) is 7.45. The van der Waals surface area contributed by atoms with E-state index in [9.17, 15) is 0 Å². The van der Waals surface area contributed by atoms with Gasteiger partial charge in [0.1, 0.15) is 11.4 Å². The fourth-order valence-corrected chi connectivity index (χ4v) is 6.51. The van der Waals surface area contributed by atoms with E-state index in [-0.39, 0.29) is 0 Å². The van der Waals surface area contributed by atoms with Crippen molar-refractivity contribution in [1.29, 1.82) is 0 Å². The lowest BCUT2D eigenvalue weighted by Crippen LogP contribution is -2.43. The van der Waals surface area contributed by atoms with Crippen LogP contribution in [0.2, 0.25) is 0 Å². The van der Waals surface area contributed by atoms with Gasteiger partial charge in [-0.3, -0.25) is 0 Å². The Labute approximate surface area is 312 Å². The number of rotatable bonds is 6. The van der Waals surface area contributed by atoms with Crippen molar-refractivity contribution in [2.45, 2.75) is 0 Å². The van der Waals surface area contributed by atoms with E-state index < -0.39 is 0 Å². The molecule has 2 heterocycles. The van der Waals surface area contributed by atoms with Crippen LogP contribution in [0.15, 0.2) is 206 Å². The van der Waals surface area contributed by atoms with Gasteiger partial charge in [0, 0.05) is 20.4 Å². The molecule has 10 aromatic rings. The van der Waals surface area contributed by atoms with Gasteiger partial charge in [0.25, 0.3) is 0 Å². The van der Waals surface area contributed by atoms with Gasteiger partial charge in [-0.05, 0) is 103 Å². The van der Waals surface area contributed by atoms with Gasteiger partial charge in [0.05, 0.1) is 21.3 Å². The Morgan fingerprint density at radius 3 is 1.06 bits per heavy atom. The lowest BCUT2D eigenvalue weighted by molar-refractivity contribution is -0.733. The molecule has 10 rings (SSSR count). The largest absolute Gasteiger partial charge is 0.340 e. The third kappa shape index (κ3) is 6.40. The molecule has 0 atom stereocenters. The van der Waals surface area contributed by atoms with E-state index >= 15 is 0 Å². The number of nitrogens with zero attached hydrogens (tertiary/aromatic N) is 8. The second kappa shape index (κ2) is 14.6. The van der Waals surface area contributed by atoms with Crippen LogP contribution in [0.1, 0.15) is 0 Å². The molecule has 0 aliphatic heterocycles. The molecule has 0 saturated heterocycles. The second-order valence-electron chi connectivity index (χ2n) is 12.6. The van der Waals surface area contributed by atoms with Gasteiger partial charge in [-0.2, -0.15) is 0 Å². The van der Waals surface area contributed by atoms with Gasteiger partial charge in [0.15, 0.2) is 11.4 Å². The highest BCUT2D eigenvalue weighted by Gasteiger charge is 2.26. The normalized spacial score (nSPS) is 11.0. The topological polar surface area (TPSA) is 69.2 Å². The zero-order chi connectivity index (χ0) is 36.1. The number of hydrogen-bond acceptors (Lipinski definition) is 4. The van der Waals surface area contributed by atoms with Crippen molar-refractivity contribution >= 4 is 21.5 Å². The minimum Gasteiger partial charge on any atom is -0.0622 e. The zero-order valence-electron chi connectivity index (χ0n) is 29.2. The first-order chi connectivity index (χ1) is 26.8. The number of fused-ring (bicyclic) bond motifs is 2. The highest BCUT2D eigenvalue weighted by atomic mass is 15.7. The summed E-state index contributed by atoms with van der Waals surface area (Å²) in [6.45, 7) is 0. The predicted molar refractivity (Wildman–Crippen MR) is 212 cm³/mol. The van der Waals surface area contributed by atoms with Gasteiger partial charge >= 0.3 is 11.6 Å². The maximum absolute atomic E-state index is 4.85. The van der Waals surface area contributed by atoms with Crippen molar-refractivity contribution in [3.05, 3.63) is 206 Å². The highest BCUT2D eigenvalue weighted by molar-refractivity contribution is 5.89. The summed E-state index contributed by atoms with van der Waals surface area (Å²) < 4.78 is 0. The number of para-hydroxylation sites is 2. The van der Waals surface area contributed by atoms with E-state index in [1.807, 2.05) is 165 Å². The monoisotopic (exact) mass is 698 g/mol. The third-order valence-corrected chi connectivity index (χ3v) is 9.12. The van der Waals surface area contributed by atoms with Crippen molar-refractivity contribution in [2.75, 3.05) is 0 Å².